The van der Waals surface area contributed by atoms with E-state index in [4.69, 9.17) is 66.6 Å². The van der Waals surface area contributed by atoms with Crippen LogP contribution in [0.2, 0.25) is 18.8 Å². The second-order valence-electron chi connectivity index (χ2n) is 27.5. The van der Waals surface area contributed by atoms with Crippen molar-refractivity contribution >= 4 is 146 Å². The van der Waals surface area contributed by atoms with Gasteiger partial charge in [-0.05, 0) is 133 Å². The van der Waals surface area contributed by atoms with Crippen LogP contribution in [0.1, 0.15) is 153 Å². The first-order valence-corrected chi connectivity index (χ1v) is 43.6. The summed E-state index contributed by atoms with van der Waals surface area (Å²) in [5.41, 5.74) is 9.73. The molecule has 3 fully saturated rings. The highest BCUT2D eigenvalue weighted by Crippen LogP contribution is 2.43. The summed E-state index contributed by atoms with van der Waals surface area (Å²) < 4.78 is 87.6. The molecule has 9 aromatic rings. The van der Waals surface area contributed by atoms with Crippen molar-refractivity contribution in [3.05, 3.63) is 216 Å². The van der Waals surface area contributed by atoms with Gasteiger partial charge in [-0.1, -0.05) is 82.8 Å². The van der Waals surface area contributed by atoms with E-state index in [9.17, 15) is 55.0 Å². The molecule has 0 radical (unpaired) electrons. The monoisotopic (exact) mass is 1730 g/mol. The number of benzene rings is 2. The molecule has 6 aliphatic rings. The van der Waals surface area contributed by atoms with Crippen LogP contribution in [0.3, 0.4) is 0 Å². The zero-order valence-electron chi connectivity index (χ0n) is 59.0. The molecule has 0 saturated heterocycles. The van der Waals surface area contributed by atoms with Gasteiger partial charge >= 0.3 is 30.9 Å². The van der Waals surface area contributed by atoms with Crippen LogP contribution in [-0.4, -0.2) is 169 Å². The molecular formula is C71H75Cl4N15O16S6. The largest absolute Gasteiger partial charge is 0.393 e. The molecule has 15 rings (SSSR count). The minimum absolute atomic E-state index is 0.191. The highest BCUT2D eigenvalue weighted by atomic mass is 35.5. The molecule has 7 aromatic heterocycles. The number of pyridine rings is 1. The van der Waals surface area contributed by atoms with Crippen LogP contribution in [0.4, 0.5) is 17.5 Å². The van der Waals surface area contributed by atoms with E-state index in [1.54, 1.807) is 18.2 Å². The number of aromatic nitrogens is 7. The van der Waals surface area contributed by atoms with Gasteiger partial charge in [0.25, 0.3) is 0 Å². The molecule has 594 valence electrons. The smallest absolute Gasteiger partial charge is 0.333 e. The Bertz CT molecular complexity index is 5110. The summed E-state index contributed by atoms with van der Waals surface area (Å²) >= 11 is 29.4. The van der Waals surface area contributed by atoms with E-state index in [0.717, 1.165) is 82.8 Å². The number of nitrogens with zero attached hydrogens (tertiary/aromatic N) is 7. The van der Waals surface area contributed by atoms with Gasteiger partial charge in [0.05, 0.1) is 103 Å². The average molecular weight is 1730 g/mol. The maximum absolute atomic E-state index is 13.6. The Morgan fingerprint density at radius 1 is 0.527 bits per heavy atom. The minimum atomic E-state index is -4.11. The summed E-state index contributed by atoms with van der Waals surface area (Å²) in [6, 6.07) is 21.8. The number of hydrogen-bond donors (Lipinski definition) is 11. The Labute approximate surface area is 675 Å². The molecule has 0 bridgehead atoms. The Balaban J connectivity index is 0.000000147. The summed E-state index contributed by atoms with van der Waals surface area (Å²) in [7, 11) is -12.3. The molecule has 10 heterocycles. The van der Waals surface area contributed by atoms with Gasteiger partial charge in [0.1, 0.15) is 47.7 Å². The van der Waals surface area contributed by atoms with Crippen LogP contribution in [0.15, 0.2) is 116 Å². The molecule has 14 N–H and O–H groups in total. The summed E-state index contributed by atoms with van der Waals surface area (Å²) in [6.07, 6.45) is 10.5. The number of hydrogen-bond acceptors (Lipinski definition) is 31. The van der Waals surface area contributed by atoms with E-state index in [2.05, 4.69) is 86.2 Å². The number of fused-ring (bicyclic) bond motifs is 3. The SMILES string of the molecule is NS(=O)(=O)OC[C@H]1C[C@@H](Nc2ncncc2C(=O)c2cc(C3NCCc4ccc(Cl)cc43)c(Cl)s2)C[C@@H]1O.NS(=O)(=O)OC[C@H]1C[C@@H](Nc2ncncc2C(=O)c2cc(C3NCCc4ccc(Cl)nc43)c(Cl)s2)C[C@@H]1O.NS(=O)(=O)OC[C@H]1C[C@@H](Nc2ncncc2C(=O)c2cc(C3OCCc4ccccc43)cs2)C[C@@H]1O. The number of carbonyl (C=O) groups excluding carboxylic acids is 3. The Hall–Kier alpha value is -7.13. The van der Waals surface area contributed by atoms with E-state index in [0.29, 0.717) is 102 Å². The zero-order valence-corrected chi connectivity index (χ0v) is 66.9. The molecule has 2 aromatic carbocycles. The lowest BCUT2D eigenvalue weighted by molar-refractivity contribution is 0.0701. The minimum Gasteiger partial charge on any atom is -0.393 e. The van der Waals surface area contributed by atoms with Gasteiger partial charge in [-0.3, -0.25) is 26.9 Å². The maximum Gasteiger partial charge on any atom is 0.333 e. The number of nitrogens with two attached hydrogens (primary N) is 3. The number of carbonyl (C=O) groups is 3. The normalized spacial score (nSPS) is 23.4. The fourth-order valence-electron chi connectivity index (χ4n) is 14.7. The van der Waals surface area contributed by atoms with Crippen molar-refractivity contribution in [3.63, 3.8) is 0 Å². The quantitative estimate of drug-likeness (QED) is 0.0203. The topological polar surface area (TPSA) is 480 Å². The molecule has 3 aliphatic carbocycles. The van der Waals surface area contributed by atoms with Gasteiger partial charge in [0.2, 0.25) is 17.3 Å². The van der Waals surface area contributed by atoms with E-state index in [1.165, 1.54) is 71.4 Å². The molecular weight excluding hydrogens is 1650 g/mol. The van der Waals surface area contributed by atoms with Gasteiger partial charge in [-0.25, -0.2) is 50.3 Å². The maximum atomic E-state index is 13.6. The van der Waals surface area contributed by atoms with Crippen LogP contribution in [-0.2, 0) is 67.5 Å². The number of rotatable bonds is 24. The van der Waals surface area contributed by atoms with Gasteiger partial charge in [-0.2, -0.15) is 25.3 Å². The van der Waals surface area contributed by atoms with Crippen molar-refractivity contribution in [2.24, 2.45) is 33.2 Å². The lowest BCUT2D eigenvalue weighted by atomic mass is 9.91. The van der Waals surface area contributed by atoms with Crippen molar-refractivity contribution in [1.29, 1.82) is 0 Å². The molecule has 0 amide bonds. The Kier molecular flexibility index (Phi) is 26.6. The molecule has 3 aliphatic heterocycles. The predicted octanol–water partition coefficient (Wildman–Crippen LogP) is 7.76. The van der Waals surface area contributed by atoms with E-state index in [-0.39, 0.29) is 84.6 Å². The second kappa shape index (κ2) is 35.9. The third kappa shape index (κ3) is 20.6. The first-order chi connectivity index (χ1) is 53.5. The van der Waals surface area contributed by atoms with E-state index >= 15 is 0 Å². The summed E-state index contributed by atoms with van der Waals surface area (Å²) in [5.74, 6) is -1.15. The Morgan fingerprint density at radius 3 is 1.47 bits per heavy atom. The average Bonchev–Trinajstić information content (AvgIpc) is 1.54. The molecule has 12 atom stereocenters. The summed E-state index contributed by atoms with van der Waals surface area (Å²) in [4.78, 5) is 71.3. The van der Waals surface area contributed by atoms with E-state index < -0.39 is 67.0 Å². The Morgan fingerprint density at radius 2 is 0.973 bits per heavy atom. The van der Waals surface area contributed by atoms with Crippen molar-refractivity contribution < 1.29 is 72.2 Å². The lowest BCUT2D eigenvalue weighted by Crippen LogP contribution is -2.31. The number of aliphatic hydroxyl groups is 3. The predicted molar refractivity (Wildman–Crippen MR) is 421 cm³/mol. The lowest BCUT2D eigenvalue weighted by Gasteiger charge is -2.27. The third-order valence-electron chi connectivity index (χ3n) is 20.0. The number of thiophene rings is 3. The summed E-state index contributed by atoms with van der Waals surface area (Å²) in [6.45, 7) is 1.45. The fourth-order valence-corrected chi connectivity index (χ4v) is 19.5. The van der Waals surface area contributed by atoms with Crippen LogP contribution in [0, 0.1) is 17.8 Å². The van der Waals surface area contributed by atoms with Gasteiger partial charge in [-0.15, -0.1) is 34.0 Å². The molecule has 3 unspecified atom stereocenters. The molecule has 41 heteroatoms. The number of ketones is 3. The van der Waals surface area contributed by atoms with Crippen LogP contribution < -0.4 is 42.0 Å². The zero-order chi connectivity index (χ0) is 79.3. The van der Waals surface area contributed by atoms with Crippen molar-refractivity contribution in [2.75, 3.05) is 55.5 Å². The first kappa shape index (κ1) is 82.8. The standard InChI is InChI=1S/C24H25Cl2N5O5S2.C24H26N4O6S2.C23H24Cl2N6O5S2/c25-14-2-1-12-3-4-29-21(16(12)6-14)17-8-20(37-23(17)26)22(33)18-9-28-11-30-24(18)31-15-5-13(19(32)7-15)10-36-38(27,34)35;25-36(31,32)34-11-15-7-17(9-20(15)29)28-24-19(10-26-13-27-24)22(30)21-8-16(12-35-21)23-18-4-2-1-3-14(18)5-6-33-23;24-18-2-1-11-3-4-28-20(19(11)31-18)14-7-17(37-22(14)25)21(33)15-8-27-10-29-23(15)30-13-5-12(16(32)6-13)9-36-38(26,34)35/h1-2,6,8-9,11,13,15,19,21,29,32H,3-5,7,10H2,(H2,27,34,35)(H,28,30,31);1-4,8,10,12-13,15,17,20,23,29H,5-7,9,11H2,(H2,25,31,32)(H,26,27,28);1-2,7-8,10,12-13,16,20,28,32H,3-6,9H2,(H2,26,34,35)(H,27,29,30)/t13-,15-,19+,21?;15-,17-,20+,23?;12-,13-,16+,20?/m111/s1. The number of aliphatic hydroxyl groups excluding tert-OH is 3. The molecule has 112 heavy (non-hydrogen) atoms. The number of ether oxygens (including phenoxy) is 1. The third-order valence-corrected chi connectivity index (χ3v) is 25.6. The van der Waals surface area contributed by atoms with Gasteiger partial charge in [0, 0.05) is 83.7 Å². The van der Waals surface area contributed by atoms with Gasteiger partial charge < -0.3 is 46.6 Å². The second-order valence-corrected chi connectivity index (χ2v) is 36.2. The van der Waals surface area contributed by atoms with Crippen LogP contribution >= 0.6 is 80.4 Å². The van der Waals surface area contributed by atoms with Crippen LogP contribution in [0.5, 0.6) is 0 Å². The number of nitrogens with one attached hydrogen (secondary N) is 5. The number of halogens is 4. The highest BCUT2D eigenvalue weighted by molar-refractivity contribution is 7.84. The van der Waals surface area contributed by atoms with E-state index in [1.807, 2.05) is 47.8 Å². The highest BCUT2D eigenvalue weighted by Gasteiger charge is 2.39. The molecule has 31 nitrogen and oxygen atoms in total. The van der Waals surface area contributed by atoms with Crippen molar-refractivity contribution in [1.82, 2.24) is 45.5 Å². The molecule has 0 spiro atoms. The van der Waals surface area contributed by atoms with Crippen molar-refractivity contribution in [3.8, 4) is 0 Å². The first-order valence-electron chi connectivity index (χ1n) is 35.1. The summed E-state index contributed by atoms with van der Waals surface area (Å²) in [5, 5.41) is 65.1. The van der Waals surface area contributed by atoms with Gasteiger partial charge in [0.15, 0.2) is 0 Å². The molecule has 3 saturated carbocycles. The van der Waals surface area contributed by atoms with Crippen LogP contribution in [0.25, 0.3) is 0 Å². The number of anilines is 3. The van der Waals surface area contributed by atoms with Crippen molar-refractivity contribution in [2.45, 2.75) is 112 Å². The fraction of sp³-hybridized carbons (Fsp3) is 0.380.